The van der Waals surface area contributed by atoms with Gasteiger partial charge in [0.25, 0.3) is 0 Å². The van der Waals surface area contributed by atoms with Crippen LogP contribution in [0.3, 0.4) is 0 Å². The average Bonchev–Trinajstić information content (AvgIpc) is 2.71. The number of halogens is 1. The number of aromatic nitrogens is 2. The third kappa shape index (κ3) is 2.76. The number of aryl methyl sites for hydroxylation is 2. The quantitative estimate of drug-likeness (QED) is 0.902. The number of rotatable bonds is 4. The molecule has 0 aliphatic heterocycles. The first-order valence-electron chi connectivity index (χ1n) is 6.05. The van der Waals surface area contributed by atoms with Gasteiger partial charge in [0.1, 0.15) is 5.82 Å². The molecule has 1 N–H and O–H groups in total. The Morgan fingerprint density at radius 1 is 1.33 bits per heavy atom. The van der Waals surface area contributed by atoms with Crippen molar-refractivity contribution >= 4 is 0 Å². The van der Waals surface area contributed by atoms with Crippen molar-refractivity contribution in [3.05, 3.63) is 53.1 Å². The van der Waals surface area contributed by atoms with Crippen molar-refractivity contribution in [3.63, 3.8) is 0 Å². The molecule has 0 aliphatic carbocycles. The molecule has 1 unspecified atom stereocenters. The first kappa shape index (κ1) is 12.8. The molecule has 96 valence electrons. The van der Waals surface area contributed by atoms with Gasteiger partial charge in [0.15, 0.2) is 0 Å². The van der Waals surface area contributed by atoms with Gasteiger partial charge in [0.2, 0.25) is 0 Å². The van der Waals surface area contributed by atoms with Crippen molar-refractivity contribution < 1.29 is 9.50 Å². The summed E-state index contributed by atoms with van der Waals surface area (Å²) in [4.78, 5) is 0. The van der Waals surface area contributed by atoms with Crippen molar-refractivity contribution in [2.24, 2.45) is 7.05 Å². The molecule has 2 rings (SSSR count). The Morgan fingerprint density at radius 3 is 2.56 bits per heavy atom. The molecule has 0 radical (unpaired) electrons. The van der Waals surface area contributed by atoms with Crippen LogP contribution in [0.5, 0.6) is 0 Å². The molecule has 0 aliphatic rings. The van der Waals surface area contributed by atoms with Crippen LogP contribution in [0.4, 0.5) is 4.39 Å². The van der Waals surface area contributed by atoms with Gasteiger partial charge in [-0.15, -0.1) is 0 Å². The minimum atomic E-state index is -0.634. The Morgan fingerprint density at radius 2 is 2.00 bits per heavy atom. The highest BCUT2D eigenvalue weighted by molar-refractivity contribution is 5.21. The Balaban J connectivity index is 2.13. The molecule has 0 fully saturated rings. The van der Waals surface area contributed by atoms with E-state index in [9.17, 15) is 9.50 Å². The summed E-state index contributed by atoms with van der Waals surface area (Å²) in [6, 6.07) is 7.93. The van der Waals surface area contributed by atoms with Gasteiger partial charge in [-0.2, -0.15) is 5.10 Å². The van der Waals surface area contributed by atoms with Crippen LogP contribution in [0, 0.1) is 5.82 Å². The second-order valence-electron chi connectivity index (χ2n) is 4.38. The molecule has 0 amide bonds. The number of nitrogens with zero attached hydrogens (tertiary/aromatic N) is 2. The predicted molar refractivity (Wildman–Crippen MR) is 67.6 cm³/mol. The maximum Gasteiger partial charge on any atom is 0.123 e. The molecule has 3 nitrogen and oxygen atoms in total. The van der Waals surface area contributed by atoms with Crippen LogP contribution in [-0.4, -0.2) is 14.9 Å². The van der Waals surface area contributed by atoms with E-state index in [4.69, 9.17) is 0 Å². The highest BCUT2D eigenvalue weighted by atomic mass is 19.1. The molecule has 18 heavy (non-hydrogen) atoms. The van der Waals surface area contributed by atoms with Gasteiger partial charge in [0.05, 0.1) is 11.8 Å². The zero-order valence-electron chi connectivity index (χ0n) is 10.6. The summed E-state index contributed by atoms with van der Waals surface area (Å²) in [7, 11) is 1.87. The Labute approximate surface area is 106 Å². The fourth-order valence-electron chi connectivity index (χ4n) is 1.94. The lowest BCUT2D eigenvalue weighted by Gasteiger charge is -2.10. The summed E-state index contributed by atoms with van der Waals surface area (Å²) in [6.45, 7) is 2.04. The third-order valence-electron chi connectivity index (χ3n) is 3.05. The van der Waals surface area contributed by atoms with Crippen LogP contribution in [-0.2, 0) is 19.9 Å². The fraction of sp³-hybridized carbons (Fsp3) is 0.357. The van der Waals surface area contributed by atoms with E-state index in [0.29, 0.717) is 6.42 Å². The van der Waals surface area contributed by atoms with E-state index in [2.05, 4.69) is 5.10 Å². The molecule has 0 spiro atoms. The summed E-state index contributed by atoms with van der Waals surface area (Å²) >= 11 is 0. The van der Waals surface area contributed by atoms with Gasteiger partial charge in [-0.25, -0.2) is 4.39 Å². The van der Waals surface area contributed by atoms with E-state index < -0.39 is 6.10 Å². The summed E-state index contributed by atoms with van der Waals surface area (Å²) < 4.78 is 14.6. The molecule has 0 saturated heterocycles. The summed E-state index contributed by atoms with van der Waals surface area (Å²) in [5.41, 5.74) is 2.71. The standard InChI is InChI=1S/C14H17FN2O/c1-3-12-8-13(17(2)16-12)9-14(18)10-4-6-11(15)7-5-10/h4-8,14,18H,3,9H2,1-2H3. The van der Waals surface area contributed by atoms with E-state index >= 15 is 0 Å². The molecule has 4 heteroatoms. The lowest BCUT2D eigenvalue weighted by atomic mass is 10.0. The number of benzene rings is 1. The summed E-state index contributed by atoms with van der Waals surface area (Å²) in [6.07, 6.45) is 0.723. The Hall–Kier alpha value is -1.68. The largest absolute Gasteiger partial charge is 0.388 e. The van der Waals surface area contributed by atoms with Gasteiger partial charge < -0.3 is 5.11 Å². The third-order valence-corrected chi connectivity index (χ3v) is 3.05. The molecule has 0 bridgehead atoms. The Kier molecular flexibility index (Phi) is 3.77. The number of aliphatic hydroxyl groups excluding tert-OH is 1. The fourth-order valence-corrected chi connectivity index (χ4v) is 1.94. The smallest absolute Gasteiger partial charge is 0.123 e. The molecule has 1 aromatic heterocycles. The van der Waals surface area contributed by atoms with Crippen molar-refractivity contribution in [2.45, 2.75) is 25.9 Å². The molecular weight excluding hydrogens is 231 g/mol. The lowest BCUT2D eigenvalue weighted by molar-refractivity contribution is 0.175. The minimum absolute atomic E-state index is 0.292. The van der Waals surface area contributed by atoms with E-state index in [-0.39, 0.29) is 5.82 Å². The monoisotopic (exact) mass is 248 g/mol. The normalized spacial score (nSPS) is 12.7. The van der Waals surface area contributed by atoms with Crippen molar-refractivity contribution in [1.29, 1.82) is 0 Å². The average molecular weight is 248 g/mol. The molecule has 2 aromatic rings. The van der Waals surface area contributed by atoms with Crippen molar-refractivity contribution in [3.8, 4) is 0 Å². The second kappa shape index (κ2) is 5.31. The zero-order valence-corrected chi connectivity index (χ0v) is 10.6. The maximum absolute atomic E-state index is 12.8. The van der Waals surface area contributed by atoms with E-state index in [1.807, 2.05) is 20.0 Å². The summed E-state index contributed by atoms with van der Waals surface area (Å²) in [5, 5.41) is 14.4. The van der Waals surface area contributed by atoms with Crippen LogP contribution in [0.1, 0.15) is 30.0 Å². The zero-order chi connectivity index (χ0) is 13.1. The SMILES string of the molecule is CCc1cc(CC(O)c2ccc(F)cc2)n(C)n1. The van der Waals surface area contributed by atoms with Crippen LogP contribution in [0.15, 0.2) is 30.3 Å². The van der Waals surface area contributed by atoms with E-state index in [1.54, 1.807) is 16.8 Å². The van der Waals surface area contributed by atoms with Crippen LogP contribution >= 0.6 is 0 Å². The second-order valence-corrected chi connectivity index (χ2v) is 4.38. The molecule has 1 aromatic carbocycles. The summed E-state index contributed by atoms with van der Waals surface area (Å²) in [5.74, 6) is -0.292. The van der Waals surface area contributed by atoms with E-state index in [1.165, 1.54) is 12.1 Å². The number of hydrogen-bond donors (Lipinski definition) is 1. The molecule has 0 saturated carbocycles. The van der Waals surface area contributed by atoms with Crippen molar-refractivity contribution in [2.75, 3.05) is 0 Å². The lowest BCUT2D eigenvalue weighted by Crippen LogP contribution is -2.06. The molecule has 1 heterocycles. The minimum Gasteiger partial charge on any atom is -0.388 e. The van der Waals surface area contributed by atoms with Gasteiger partial charge in [-0.1, -0.05) is 19.1 Å². The highest BCUT2D eigenvalue weighted by Gasteiger charge is 2.12. The topological polar surface area (TPSA) is 38.0 Å². The number of aliphatic hydroxyl groups is 1. The van der Waals surface area contributed by atoms with Crippen LogP contribution in [0.25, 0.3) is 0 Å². The van der Waals surface area contributed by atoms with E-state index in [0.717, 1.165) is 23.4 Å². The van der Waals surface area contributed by atoms with Crippen LogP contribution < -0.4 is 0 Å². The van der Waals surface area contributed by atoms with Gasteiger partial charge >= 0.3 is 0 Å². The molecule has 1 atom stereocenters. The van der Waals surface area contributed by atoms with Crippen LogP contribution in [0.2, 0.25) is 0 Å². The predicted octanol–water partition coefficient (Wildman–Crippen LogP) is 2.40. The first-order valence-corrected chi connectivity index (χ1v) is 6.05. The number of hydrogen-bond acceptors (Lipinski definition) is 2. The Bertz CT molecular complexity index is 519. The first-order chi connectivity index (χ1) is 8.60. The van der Waals surface area contributed by atoms with Gasteiger partial charge in [-0.3, -0.25) is 4.68 Å². The van der Waals surface area contributed by atoms with Gasteiger partial charge in [-0.05, 0) is 30.2 Å². The highest BCUT2D eigenvalue weighted by Crippen LogP contribution is 2.19. The van der Waals surface area contributed by atoms with Crippen molar-refractivity contribution in [1.82, 2.24) is 9.78 Å². The van der Waals surface area contributed by atoms with Gasteiger partial charge in [0, 0.05) is 19.2 Å². The molecular formula is C14H17FN2O. The maximum atomic E-state index is 12.8.